The van der Waals surface area contributed by atoms with Crippen LogP contribution in [0.15, 0.2) is 23.5 Å². The third-order valence-corrected chi connectivity index (χ3v) is 4.91. The molecule has 158 valence electrons. The number of pyridine rings is 1. The van der Waals surface area contributed by atoms with E-state index in [-0.39, 0.29) is 29.9 Å². The highest BCUT2D eigenvalue weighted by atomic mass is 127. The molecule has 0 spiro atoms. The van der Waals surface area contributed by atoms with Crippen LogP contribution in [-0.2, 0) is 11.2 Å². The van der Waals surface area contributed by atoms with Gasteiger partial charge in [-0.2, -0.15) is 0 Å². The summed E-state index contributed by atoms with van der Waals surface area (Å²) in [7, 11) is 1.81. The number of aryl methyl sites for hydroxylation is 1. The van der Waals surface area contributed by atoms with Gasteiger partial charge in [-0.3, -0.25) is 19.7 Å². The summed E-state index contributed by atoms with van der Waals surface area (Å²) < 4.78 is 0. The molecule has 2 heterocycles. The lowest BCUT2D eigenvalue weighted by molar-refractivity contribution is -0.122. The number of likely N-dealkylation sites (tertiary alicyclic amines) is 1. The quantitative estimate of drug-likeness (QED) is 0.287. The van der Waals surface area contributed by atoms with Crippen LogP contribution in [0.1, 0.15) is 37.3 Å². The molecule has 1 aliphatic rings. The number of amides is 1. The van der Waals surface area contributed by atoms with Crippen molar-refractivity contribution >= 4 is 35.8 Å². The summed E-state index contributed by atoms with van der Waals surface area (Å²) in [6.45, 7) is 8.13. The number of rotatable bonds is 8. The average Bonchev–Trinajstić information content (AvgIpc) is 2.68. The van der Waals surface area contributed by atoms with Crippen molar-refractivity contribution in [3.05, 3.63) is 29.6 Å². The number of halogens is 1. The molecule has 28 heavy (non-hydrogen) atoms. The Hall–Kier alpha value is -1.42. The maximum Gasteiger partial charge on any atom is 0.234 e. The van der Waals surface area contributed by atoms with E-state index < -0.39 is 0 Å². The number of carbonyl (C=O) groups excluding carboxylic acids is 1. The van der Waals surface area contributed by atoms with Crippen LogP contribution in [0.25, 0.3) is 0 Å². The minimum Gasteiger partial charge on any atom is -0.356 e. The Balaban J connectivity index is 0.00000392. The van der Waals surface area contributed by atoms with E-state index in [4.69, 9.17) is 0 Å². The van der Waals surface area contributed by atoms with Gasteiger partial charge < -0.3 is 16.0 Å². The Bertz CT molecular complexity index is 616. The number of aromatic nitrogens is 1. The van der Waals surface area contributed by atoms with E-state index >= 15 is 0 Å². The zero-order chi connectivity index (χ0) is 19.5. The largest absolute Gasteiger partial charge is 0.356 e. The minimum absolute atomic E-state index is 0. The summed E-state index contributed by atoms with van der Waals surface area (Å²) in [6, 6.07) is 2.47. The molecule has 1 fully saturated rings. The van der Waals surface area contributed by atoms with Gasteiger partial charge in [0, 0.05) is 51.7 Å². The first-order chi connectivity index (χ1) is 13.1. The van der Waals surface area contributed by atoms with E-state index in [1.807, 2.05) is 12.4 Å². The molecule has 0 atom stereocenters. The van der Waals surface area contributed by atoms with Crippen LogP contribution in [0, 0.1) is 6.92 Å². The van der Waals surface area contributed by atoms with Crippen LogP contribution in [0.5, 0.6) is 0 Å². The molecule has 7 nitrogen and oxygen atoms in total. The highest BCUT2D eigenvalue weighted by Crippen LogP contribution is 2.10. The van der Waals surface area contributed by atoms with Gasteiger partial charge in [-0.15, -0.1) is 24.0 Å². The predicted octanol–water partition coefficient (Wildman–Crippen LogP) is 1.71. The predicted molar refractivity (Wildman–Crippen MR) is 125 cm³/mol. The molecule has 1 aromatic rings. The first kappa shape index (κ1) is 24.6. The lowest BCUT2D eigenvalue weighted by Crippen LogP contribution is -2.50. The molecule has 2 rings (SSSR count). The van der Waals surface area contributed by atoms with E-state index in [1.54, 1.807) is 7.05 Å². The number of hydrogen-bond acceptors (Lipinski definition) is 4. The van der Waals surface area contributed by atoms with Crippen molar-refractivity contribution in [1.82, 2.24) is 25.8 Å². The molecule has 1 aromatic heterocycles. The Morgan fingerprint density at radius 2 is 2.04 bits per heavy atom. The average molecular weight is 502 g/mol. The van der Waals surface area contributed by atoms with Crippen molar-refractivity contribution in [2.45, 2.75) is 45.6 Å². The third-order valence-electron chi connectivity index (χ3n) is 4.91. The highest BCUT2D eigenvalue weighted by molar-refractivity contribution is 14.0. The van der Waals surface area contributed by atoms with Gasteiger partial charge in [-0.1, -0.05) is 6.92 Å². The zero-order valence-electron chi connectivity index (χ0n) is 17.3. The molecule has 1 aliphatic heterocycles. The number of nitrogens with one attached hydrogen (secondary N) is 3. The molecule has 8 heteroatoms. The van der Waals surface area contributed by atoms with Crippen molar-refractivity contribution in [1.29, 1.82) is 0 Å². The number of nitrogens with zero attached hydrogens (tertiary/aromatic N) is 3. The number of piperidine rings is 1. The Morgan fingerprint density at radius 1 is 1.29 bits per heavy atom. The second kappa shape index (κ2) is 13.7. The molecule has 0 aromatic carbocycles. The van der Waals surface area contributed by atoms with Crippen molar-refractivity contribution in [2.24, 2.45) is 4.99 Å². The van der Waals surface area contributed by atoms with Gasteiger partial charge in [0.15, 0.2) is 5.96 Å². The smallest absolute Gasteiger partial charge is 0.234 e. The SMILES string of the molecule is CCCNC(=O)CN1CCC(NC(=NC)NCCc2ccncc2C)CC1.I. The van der Waals surface area contributed by atoms with Gasteiger partial charge in [0.2, 0.25) is 5.91 Å². The van der Waals surface area contributed by atoms with Gasteiger partial charge in [0.05, 0.1) is 6.54 Å². The topological polar surface area (TPSA) is 81.7 Å². The molecule has 1 saturated heterocycles. The summed E-state index contributed by atoms with van der Waals surface area (Å²) in [4.78, 5) is 22.5. The Kier molecular flexibility index (Phi) is 12.1. The molecule has 0 radical (unpaired) electrons. The molecule has 0 aliphatic carbocycles. The van der Waals surface area contributed by atoms with Crippen LogP contribution < -0.4 is 16.0 Å². The minimum atomic E-state index is 0. The summed E-state index contributed by atoms with van der Waals surface area (Å²) in [5.74, 6) is 0.980. The lowest BCUT2D eigenvalue weighted by atomic mass is 10.1. The van der Waals surface area contributed by atoms with Crippen molar-refractivity contribution < 1.29 is 4.79 Å². The molecule has 1 amide bonds. The fourth-order valence-corrected chi connectivity index (χ4v) is 3.25. The van der Waals surface area contributed by atoms with E-state index in [0.717, 1.165) is 57.8 Å². The van der Waals surface area contributed by atoms with Gasteiger partial charge in [0.25, 0.3) is 0 Å². The van der Waals surface area contributed by atoms with Crippen LogP contribution >= 0.6 is 24.0 Å². The summed E-state index contributed by atoms with van der Waals surface area (Å²) in [5, 5.41) is 9.86. The van der Waals surface area contributed by atoms with Crippen LogP contribution in [0.3, 0.4) is 0 Å². The Morgan fingerprint density at radius 3 is 2.68 bits per heavy atom. The number of guanidine groups is 1. The molecular weight excluding hydrogens is 467 g/mol. The zero-order valence-corrected chi connectivity index (χ0v) is 19.7. The normalized spacial score (nSPS) is 15.6. The molecule has 3 N–H and O–H groups in total. The number of hydrogen-bond donors (Lipinski definition) is 3. The second-order valence-corrected chi connectivity index (χ2v) is 7.10. The Labute approximate surface area is 186 Å². The third kappa shape index (κ3) is 8.72. The maximum absolute atomic E-state index is 11.8. The van der Waals surface area contributed by atoms with Gasteiger partial charge >= 0.3 is 0 Å². The van der Waals surface area contributed by atoms with Crippen LogP contribution in [0.4, 0.5) is 0 Å². The number of carbonyl (C=O) groups is 1. The molecule has 0 unspecified atom stereocenters. The van der Waals surface area contributed by atoms with Gasteiger partial charge in [-0.05, 0) is 49.8 Å². The van der Waals surface area contributed by atoms with Crippen molar-refractivity contribution in [3.63, 3.8) is 0 Å². The summed E-state index contributed by atoms with van der Waals surface area (Å²) in [5.41, 5.74) is 2.53. The number of aliphatic imine (C=N–C) groups is 1. The van der Waals surface area contributed by atoms with Crippen molar-refractivity contribution in [2.75, 3.05) is 39.8 Å². The first-order valence-electron chi connectivity index (χ1n) is 9.98. The molecule has 0 saturated carbocycles. The van der Waals surface area contributed by atoms with Crippen LogP contribution in [0.2, 0.25) is 0 Å². The van der Waals surface area contributed by atoms with Gasteiger partial charge in [-0.25, -0.2) is 0 Å². The molecular formula is C20H35IN6O. The highest BCUT2D eigenvalue weighted by Gasteiger charge is 2.21. The van der Waals surface area contributed by atoms with E-state index in [9.17, 15) is 4.79 Å². The summed E-state index contributed by atoms with van der Waals surface area (Å²) >= 11 is 0. The standard InChI is InChI=1S/C20H34N6O.HI/c1-4-9-23-19(27)15-26-12-7-18(8-13-26)25-20(21-3)24-11-6-17-5-10-22-14-16(17)2;/h5,10,14,18H,4,6-9,11-13,15H2,1-3H3,(H,23,27)(H2,21,24,25);1H. The van der Waals surface area contributed by atoms with Crippen LogP contribution in [-0.4, -0.2) is 67.6 Å². The monoisotopic (exact) mass is 502 g/mol. The van der Waals surface area contributed by atoms with E-state index in [1.165, 1.54) is 11.1 Å². The van der Waals surface area contributed by atoms with Crippen molar-refractivity contribution in [3.8, 4) is 0 Å². The second-order valence-electron chi connectivity index (χ2n) is 7.10. The maximum atomic E-state index is 11.8. The van der Waals surface area contributed by atoms with Gasteiger partial charge in [0.1, 0.15) is 0 Å². The van der Waals surface area contributed by atoms with E-state index in [2.05, 4.69) is 50.7 Å². The first-order valence-corrected chi connectivity index (χ1v) is 9.98. The fraction of sp³-hybridized carbons (Fsp3) is 0.650. The lowest BCUT2D eigenvalue weighted by Gasteiger charge is -2.32. The van der Waals surface area contributed by atoms with E-state index in [0.29, 0.717) is 12.6 Å². The fourth-order valence-electron chi connectivity index (χ4n) is 3.25. The molecule has 0 bridgehead atoms. The summed E-state index contributed by atoms with van der Waals surface area (Å²) in [6.07, 6.45) is 7.70.